The van der Waals surface area contributed by atoms with Gasteiger partial charge in [0.2, 0.25) is 0 Å². The van der Waals surface area contributed by atoms with Crippen molar-refractivity contribution in [1.82, 2.24) is 14.7 Å². The number of nitrogen functional groups attached to an aromatic ring is 1. The monoisotopic (exact) mass is 517 g/mol. The number of hydrogen-bond acceptors (Lipinski definition) is 8. The van der Waals surface area contributed by atoms with E-state index in [4.69, 9.17) is 10.5 Å². The third kappa shape index (κ3) is 5.70. The Morgan fingerprint density at radius 2 is 1.94 bits per heavy atom. The maximum Gasteiger partial charge on any atom is 0.281 e. The maximum atomic E-state index is 14.3. The van der Waals surface area contributed by atoms with Crippen LogP contribution in [0.5, 0.6) is 5.75 Å². The molecule has 1 fully saturated rings. The summed E-state index contributed by atoms with van der Waals surface area (Å²) in [5, 5.41) is -0.427. The number of nitrogens with zero attached hydrogens (tertiary/aromatic N) is 3. The van der Waals surface area contributed by atoms with Crippen molar-refractivity contribution in [2.24, 2.45) is 5.92 Å². The fraction of sp³-hybridized carbons (Fsp3) is 0.292. The molecule has 1 aromatic carbocycles. The lowest BCUT2D eigenvalue weighted by molar-refractivity contribution is 0.0980. The van der Waals surface area contributed by atoms with Gasteiger partial charge in [-0.15, -0.1) is 0 Å². The quantitative estimate of drug-likeness (QED) is 0.466. The van der Waals surface area contributed by atoms with Gasteiger partial charge in [0.1, 0.15) is 29.4 Å². The lowest BCUT2D eigenvalue weighted by Crippen LogP contribution is -2.49. The molecule has 4 rings (SSSR count). The molecule has 0 spiro atoms. The van der Waals surface area contributed by atoms with Crippen LogP contribution in [-0.2, 0) is 10.0 Å². The number of alkyl halides is 1. The molecule has 0 radical (unpaired) electrons. The van der Waals surface area contributed by atoms with E-state index in [1.165, 1.54) is 47.4 Å². The Kier molecular flexibility index (Phi) is 7.07. The Balaban J connectivity index is 1.67. The molecule has 190 valence electrons. The number of halogens is 2. The molecule has 36 heavy (non-hydrogen) atoms. The van der Waals surface area contributed by atoms with Gasteiger partial charge in [-0.05, 0) is 42.3 Å². The van der Waals surface area contributed by atoms with Gasteiger partial charge in [-0.1, -0.05) is 19.9 Å². The fourth-order valence-electron chi connectivity index (χ4n) is 3.49. The van der Waals surface area contributed by atoms with Gasteiger partial charge < -0.3 is 15.4 Å². The molecule has 1 saturated heterocycles. The first kappa shape index (κ1) is 25.3. The largest absolute Gasteiger partial charge is 0.493 e. The van der Waals surface area contributed by atoms with E-state index < -0.39 is 32.9 Å². The van der Waals surface area contributed by atoms with Crippen LogP contribution in [0, 0.1) is 11.7 Å². The fourth-order valence-corrected chi connectivity index (χ4v) is 4.43. The molecule has 0 unspecified atom stereocenters. The van der Waals surface area contributed by atoms with E-state index in [0.29, 0.717) is 23.6 Å². The molecule has 2 aromatic heterocycles. The minimum Gasteiger partial charge on any atom is -0.493 e. The van der Waals surface area contributed by atoms with Gasteiger partial charge in [-0.2, -0.15) is 8.42 Å². The molecule has 1 aliphatic rings. The minimum atomic E-state index is -4.34. The molecule has 9 nitrogen and oxygen atoms in total. The highest BCUT2D eigenvalue weighted by molar-refractivity contribution is 7.90. The van der Waals surface area contributed by atoms with Gasteiger partial charge >= 0.3 is 0 Å². The summed E-state index contributed by atoms with van der Waals surface area (Å²) in [5.41, 5.74) is 6.15. The molecule has 3 aromatic rings. The minimum absolute atomic E-state index is 0.0217. The first-order valence-electron chi connectivity index (χ1n) is 11.2. The number of anilines is 2. The van der Waals surface area contributed by atoms with Crippen LogP contribution >= 0.6 is 0 Å². The van der Waals surface area contributed by atoms with Crippen LogP contribution in [0.2, 0.25) is 0 Å². The number of aromatic nitrogens is 2. The molecule has 3 heterocycles. The number of nitrogens with one attached hydrogen (secondary N) is 1. The number of benzene rings is 1. The smallest absolute Gasteiger partial charge is 0.281 e. The maximum absolute atomic E-state index is 14.3. The van der Waals surface area contributed by atoms with Crippen molar-refractivity contribution in [2.75, 3.05) is 30.3 Å². The summed E-state index contributed by atoms with van der Waals surface area (Å²) in [6.45, 7) is 4.28. The van der Waals surface area contributed by atoms with E-state index >= 15 is 0 Å². The molecule has 0 atom stereocenters. The topological polar surface area (TPSA) is 128 Å². The Morgan fingerprint density at radius 3 is 2.61 bits per heavy atom. The van der Waals surface area contributed by atoms with Crippen molar-refractivity contribution in [3.63, 3.8) is 0 Å². The first-order chi connectivity index (χ1) is 17.0. The number of pyridine rings is 2. The predicted octanol–water partition coefficient (Wildman–Crippen LogP) is 3.18. The van der Waals surface area contributed by atoms with Crippen LogP contribution in [0.4, 0.5) is 20.4 Å². The van der Waals surface area contributed by atoms with Crippen LogP contribution in [0.3, 0.4) is 0 Å². The summed E-state index contributed by atoms with van der Waals surface area (Å²) < 4.78 is 60.8. The zero-order valence-corrected chi connectivity index (χ0v) is 20.4. The van der Waals surface area contributed by atoms with Gasteiger partial charge in [-0.3, -0.25) is 4.79 Å². The summed E-state index contributed by atoms with van der Waals surface area (Å²) in [5.74, 6) is -0.918. The number of carbonyl (C=O) groups excluding carboxylic acids is 1. The third-order valence-electron chi connectivity index (χ3n) is 5.25. The zero-order chi connectivity index (χ0) is 26.0. The lowest BCUT2D eigenvalue weighted by atomic mass is 10.1. The number of hydrogen-bond donors (Lipinski definition) is 2. The van der Waals surface area contributed by atoms with Crippen molar-refractivity contribution in [3.05, 3.63) is 59.9 Å². The van der Waals surface area contributed by atoms with Crippen molar-refractivity contribution < 1.29 is 26.7 Å². The van der Waals surface area contributed by atoms with Crippen molar-refractivity contribution >= 4 is 27.6 Å². The Labute approximate surface area is 207 Å². The second-order valence-corrected chi connectivity index (χ2v) is 10.4. The Bertz CT molecular complexity index is 1400. The van der Waals surface area contributed by atoms with Gasteiger partial charge in [0.25, 0.3) is 15.9 Å². The second-order valence-electron chi connectivity index (χ2n) is 8.79. The summed E-state index contributed by atoms with van der Waals surface area (Å²) in [6, 6.07) is 10.9. The highest BCUT2D eigenvalue weighted by Crippen LogP contribution is 2.31. The SMILES string of the molecule is CC(C)COc1cc(F)cc(-c2ccc(C(=O)NS(=O)(=O)c3cccc(N)n3)c(N3CC(F)C3)n2)c1. The molecule has 3 N–H and O–H groups in total. The summed E-state index contributed by atoms with van der Waals surface area (Å²) in [6.07, 6.45) is -1.11. The van der Waals surface area contributed by atoms with Gasteiger partial charge in [0.05, 0.1) is 31.0 Å². The van der Waals surface area contributed by atoms with Gasteiger partial charge in [0.15, 0.2) is 5.03 Å². The average Bonchev–Trinajstić information content (AvgIpc) is 2.79. The Morgan fingerprint density at radius 1 is 1.19 bits per heavy atom. The van der Waals surface area contributed by atoms with Gasteiger partial charge in [0, 0.05) is 11.6 Å². The summed E-state index contributed by atoms with van der Waals surface area (Å²) >= 11 is 0. The van der Waals surface area contributed by atoms with Crippen LogP contribution in [0.25, 0.3) is 11.3 Å². The van der Waals surface area contributed by atoms with Gasteiger partial charge in [-0.25, -0.2) is 23.5 Å². The van der Waals surface area contributed by atoms with E-state index in [9.17, 15) is 22.0 Å². The lowest BCUT2D eigenvalue weighted by Gasteiger charge is -2.36. The highest BCUT2D eigenvalue weighted by atomic mass is 32.2. The summed E-state index contributed by atoms with van der Waals surface area (Å²) in [4.78, 5) is 22.7. The van der Waals surface area contributed by atoms with Crippen LogP contribution in [0.15, 0.2) is 53.6 Å². The molecular weight excluding hydrogens is 492 g/mol. The summed E-state index contributed by atoms with van der Waals surface area (Å²) in [7, 11) is -4.34. The second kappa shape index (κ2) is 10.1. The normalized spacial score (nSPS) is 14.0. The standard InChI is InChI=1S/C24H25F2N5O4S/c1-14(2)13-35-18-9-15(8-16(25)10-18)20-7-6-19(23(28-20)31-11-17(26)12-31)24(32)30-36(33,34)22-5-3-4-21(27)29-22/h3-10,14,17H,11-13H2,1-2H3,(H2,27,29)(H,30,32). The van der Waals surface area contributed by atoms with Crippen LogP contribution < -0.4 is 20.1 Å². The molecule has 0 aliphatic carbocycles. The van der Waals surface area contributed by atoms with Crippen LogP contribution in [0.1, 0.15) is 24.2 Å². The number of carbonyl (C=O) groups is 1. The van der Waals surface area contributed by atoms with E-state index in [-0.39, 0.29) is 36.2 Å². The number of sulfonamides is 1. The van der Waals surface area contributed by atoms with Crippen molar-refractivity contribution in [1.29, 1.82) is 0 Å². The molecule has 0 bridgehead atoms. The average molecular weight is 518 g/mol. The van der Waals surface area contributed by atoms with Crippen molar-refractivity contribution in [2.45, 2.75) is 25.0 Å². The number of rotatable bonds is 8. The van der Waals surface area contributed by atoms with E-state index in [2.05, 4.69) is 9.97 Å². The molecule has 1 aliphatic heterocycles. The highest BCUT2D eigenvalue weighted by Gasteiger charge is 2.32. The van der Waals surface area contributed by atoms with E-state index in [1.54, 1.807) is 6.07 Å². The number of ether oxygens (including phenoxy) is 1. The van der Waals surface area contributed by atoms with Crippen LogP contribution in [-0.4, -0.2) is 50.2 Å². The predicted molar refractivity (Wildman–Crippen MR) is 130 cm³/mol. The molecule has 1 amide bonds. The molecule has 12 heteroatoms. The number of nitrogens with two attached hydrogens (primary N) is 1. The Hall–Kier alpha value is -3.80. The molecule has 0 saturated carbocycles. The van der Waals surface area contributed by atoms with E-state index in [1.807, 2.05) is 18.6 Å². The van der Waals surface area contributed by atoms with Crippen molar-refractivity contribution in [3.8, 4) is 17.0 Å². The zero-order valence-electron chi connectivity index (χ0n) is 19.6. The third-order valence-corrected chi connectivity index (χ3v) is 6.49. The number of amides is 1. The molecular formula is C24H25F2N5O4S. The first-order valence-corrected chi connectivity index (χ1v) is 12.6. The van der Waals surface area contributed by atoms with E-state index in [0.717, 1.165) is 0 Å².